The molecule has 2 N–H and O–H groups in total. The summed E-state index contributed by atoms with van der Waals surface area (Å²) in [6.07, 6.45) is 2.85. The molecule has 17 heavy (non-hydrogen) atoms. The van der Waals surface area contributed by atoms with Gasteiger partial charge in [0.15, 0.2) is 0 Å². The van der Waals surface area contributed by atoms with Crippen molar-refractivity contribution >= 4 is 5.91 Å². The maximum Gasteiger partial charge on any atom is 0.234 e. The first kappa shape index (κ1) is 14.5. The summed E-state index contributed by atoms with van der Waals surface area (Å²) >= 11 is 0. The van der Waals surface area contributed by atoms with Gasteiger partial charge in [0.25, 0.3) is 0 Å². The van der Waals surface area contributed by atoms with E-state index in [1.54, 1.807) is 0 Å². The second-order valence-corrected chi connectivity index (χ2v) is 5.56. The van der Waals surface area contributed by atoms with Crippen LogP contribution >= 0.6 is 0 Å². The number of ether oxygens (including phenoxy) is 1. The molecule has 1 saturated heterocycles. The Morgan fingerprint density at radius 2 is 2.24 bits per heavy atom. The minimum atomic E-state index is -0.111. The van der Waals surface area contributed by atoms with E-state index in [1.807, 2.05) is 0 Å². The molecule has 0 aromatic carbocycles. The maximum absolute atomic E-state index is 11.7. The second-order valence-electron chi connectivity index (χ2n) is 5.56. The lowest BCUT2D eigenvalue weighted by atomic mass is 9.94. The average Bonchev–Trinajstić information content (AvgIpc) is 2.24. The number of hydrogen-bond acceptors (Lipinski definition) is 3. The lowest BCUT2D eigenvalue weighted by Gasteiger charge is -2.35. The van der Waals surface area contributed by atoms with Crippen molar-refractivity contribution in [3.63, 3.8) is 0 Å². The van der Waals surface area contributed by atoms with Crippen LogP contribution in [0.15, 0.2) is 0 Å². The van der Waals surface area contributed by atoms with Crippen LogP contribution in [0.1, 0.15) is 47.0 Å². The van der Waals surface area contributed by atoms with Crippen molar-refractivity contribution in [3.8, 4) is 0 Å². The number of carbonyl (C=O) groups is 1. The molecule has 1 fully saturated rings. The summed E-state index contributed by atoms with van der Waals surface area (Å²) in [7, 11) is 0. The van der Waals surface area contributed by atoms with E-state index < -0.39 is 0 Å². The van der Waals surface area contributed by atoms with E-state index in [0.29, 0.717) is 12.6 Å². The molecule has 100 valence electrons. The van der Waals surface area contributed by atoms with Crippen molar-refractivity contribution in [1.29, 1.82) is 0 Å². The van der Waals surface area contributed by atoms with Gasteiger partial charge in [-0.1, -0.05) is 6.92 Å². The molecule has 0 aliphatic carbocycles. The Kier molecular flexibility index (Phi) is 5.40. The Balaban J connectivity index is 2.26. The summed E-state index contributed by atoms with van der Waals surface area (Å²) in [6, 6.07) is 0.650. The molecule has 4 nitrogen and oxygen atoms in total. The van der Waals surface area contributed by atoms with Crippen molar-refractivity contribution < 1.29 is 9.53 Å². The van der Waals surface area contributed by atoms with Gasteiger partial charge in [0.1, 0.15) is 0 Å². The van der Waals surface area contributed by atoms with Crippen LogP contribution in [0, 0.1) is 0 Å². The van der Waals surface area contributed by atoms with Crippen LogP contribution < -0.4 is 10.6 Å². The molecule has 0 saturated carbocycles. The Bertz CT molecular complexity index is 254. The van der Waals surface area contributed by atoms with Gasteiger partial charge in [-0.3, -0.25) is 4.79 Å². The molecule has 0 spiro atoms. The zero-order valence-corrected chi connectivity index (χ0v) is 11.5. The van der Waals surface area contributed by atoms with Crippen LogP contribution in [0.25, 0.3) is 0 Å². The standard InChI is InChI=1S/C13H26N2O2/c1-5-10(2)14-9-12(16)15-11-6-7-17-13(3,4)8-11/h10-11,14H,5-9H2,1-4H3,(H,15,16). The molecule has 1 rings (SSSR count). The summed E-state index contributed by atoms with van der Waals surface area (Å²) in [4.78, 5) is 11.7. The molecule has 1 heterocycles. The Morgan fingerprint density at radius 3 is 2.82 bits per heavy atom. The van der Waals surface area contributed by atoms with Crippen LogP contribution in [0.3, 0.4) is 0 Å². The predicted octanol–water partition coefficient (Wildman–Crippen LogP) is 1.45. The average molecular weight is 242 g/mol. The maximum atomic E-state index is 11.7. The lowest BCUT2D eigenvalue weighted by molar-refractivity contribution is -0.123. The number of nitrogens with one attached hydrogen (secondary N) is 2. The first-order valence-corrected chi connectivity index (χ1v) is 6.59. The van der Waals surface area contributed by atoms with Gasteiger partial charge < -0.3 is 15.4 Å². The molecule has 1 amide bonds. The van der Waals surface area contributed by atoms with Crippen molar-refractivity contribution in [2.45, 2.75) is 64.6 Å². The van der Waals surface area contributed by atoms with E-state index >= 15 is 0 Å². The van der Waals surface area contributed by atoms with Crippen molar-refractivity contribution in [1.82, 2.24) is 10.6 Å². The molecule has 0 radical (unpaired) electrons. The van der Waals surface area contributed by atoms with Gasteiger partial charge in [0, 0.05) is 18.7 Å². The Morgan fingerprint density at radius 1 is 1.53 bits per heavy atom. The van der Waals surface area contributed by atoms with Gasteiger partial charge in [0.2, 0.25) is 5.91 Å². The summed E-state index contributed by atoms with van der Waals surface area (Å²) in [5, 5.41) is 6.27. The van der Waals surface area contributed by atoms with Gasteiger partial charge in [-0.25, -0.2) is 0 Å². The highest BCUT2D eigenvalue weighted by molar-refractivity contribution is 5.78. The molecule has 2 unspecified atom stereocenters. The second kappa shape index (κ2) is 6.36. The fraction of sp³-hybridized carbons (Fsp3) is 0.923. The summed E-state index contributed by atoms with van der Waals surface area (Å²) in [5.74, 6) is 0.0907. The first-order chi connectivity index (χ1) is 7.93. The summed E-state index contributed by atoms with van der Waals surface area (Å²) in [5.41, 5.74) is -0.111. The fourth-order valence-corrected chi connectivity index (χ4v) is 2.05. The van der Waals surface area contributed by atoms with Crippen LogP contribution in [0.5, 0.6) is 0 Å². The third-order valence-corrected chi connectivity index (χ3v) is 3.29. The van der Waals surface area contributed by atoms with E-state index in [9.17, 15) is 4.79 Å². The largest absolute Gasteiger partial charge is 0.375 e. The zero-order valence-electron chi connectivity index (χ0n) is 11.5. The van der Waals surface area contributed by atoms with Crippen LogP contribution in [0.2, 0.25) is 0 Å². The summed E-state index contributed by atoms with van der Waals surface area (Å²) in [6.45, 7) is 9.48. The van der Waals surface area contributed by atoms with E-state index in [1.165, 1.54) is 0 Å². The molecule has 0 bridgehead atoms. The van der Waals surface area contributed by atoms with Gasteiger partial charge in [-0.2, -0.15) is 0 Å². The van der Waals surface area contributed by atoms with Crippen molar-refractivity contribution in [3.05, 3.63) is 0 Å². The minimum absolute atomic E-state index is 0.0907. The lowest BCUT2D eigenvalue weighted by Crippen LogP contribution is -2.48. The molecule has 0 aromatic heterocycles. The van der Waals surface area contributed by atoms with E-state index in [2.05, 4.69) is 38.3 Å². The van der Waals surface area contributed by atoms with E-state index in [-0.39, 0.29) is 17.6 Å². The highest BCUT2D eigenvalue weighted by Gasteiger charge is 2.29. The fourth-order valence-electron chi connectivity index (χ4n) is 2.05. The van der Waals surface area contributed by atoms with E-state index in [4.69, 9.17) is 4.74 Å². The van der Waals surface area contributed by atoms with E-state index in [0.717, 1.165) is 25.9 Å². The first-order valence-electron chi connectivity index (χ1n) is 6.59. The van der Waals surface area contributed by atoms with Gasteiger partial charge >= 0.3 is 0 Å². The third-order valence-electron chi connectivity index (χ3n) is 3.29. The smallest absolute Gasteiger partial charge is 0.234 e. The SMILES string of the molecule is CCC(C)NCC(=O)NC1CCOC(C)(C)C1. The molecule has 4 heteroatoms. The number of amides is 1. The van der Waals surface area contributed by atoms with Gasteiger partial charge in [-0.15, -0.1) is 0 Å². The molecule has 2 atom stereocenters. The summed E-state index contributed by atoms with van der Waals surface area (Å²) < 4.78 is 5.63. The molecule has 0 aromatic rings. The Labute approximate surface area is 104 Å². The number of hydrogen-bond donors (Lipinski definition) is 2. The van der Waals surface area contributed by atoms with Crippen LogP contribution in [-0.2, 0) is 9.53 Å². The van der Waals surface area contributed by atoms with Crippen molar-refractivity contribution in [2.75, 3.05) is 13.2 Å². The van der Waals surface area contributed by atoms with Gasteiger partial charge in [0.05, 0.1) is 12.1 Å². The quantitative estimate of drug-likeness (QED) is 0.767. The van der Waals surface area contributed by atoms with Crippen LogP contribution in [-0.4, -0.2) is 36.7 Å². The molecule has 1 aliphatic heterocycles. The van der Waals surface area contributed by atoms with Gasteiger partial charge in [-0.05, 0) is 40.0 Å². The highest BCUT2D eigenvalue weighted by Crippen LogP contribution is 2.23. The topological polar surface area (TPSA) is 50.4 Å². The Hall–Kier alpha value is -0.610. The van der Waals surface area contributed by atoms with Crippen molar-refractivity contribution in [2.24, 2.45) is 0 Å². The number of rotatable bonds is 5. The molecule has 1 aliphatic rings. The third kappa shape index (κ3) is 5.50. The zero-order chi connectivity index (χ0) is 12.9. The molecular weight excluding hydrogens is 216 g/mol. The minimum Gasteiger partial charge on any atom is -0.375 e. The number of carbonyl (C=O) groups excluding carboxylic acids is 1. The monoisotopic (exact) mass is 242 g/mol. The molecular formula is C13H26N2O2. The highest BCUT2D eigenvalue weighted by atomic mass is 16.5. The predicted molar refractivity (Wildman–Crippen MR) is 69.0 cm³/mol. The van der Waals surface area contributed by atoms with Crippen LogP contribution in [0.4, 0.5) is 0 Å². The normalized spacial score (nSPS) is 25.3.